The van der Waals surface area contributed by atoms with E-state index in [0.29, 0.717) is 5.69 Å². The third-order valence-corrected chi connectivity index (χ3v) is 4.26. The number of nitrogens with one attached hydrogen (secondary N) is 1. The van der Waals surface area contributed by atoms with Crippen molar-refractivity contribution in [3.05, 3.63) is 64.2 Å². The van der Waals surface area contributed by atoms with E-state index >= 15 is 0 Å². The van der Waals surface area contributed by atoms with Crippen LogP contribution in [0.3, 0.4) is 0 Å². The van der Waals surface area contributed by atoms with E-state index in [-0.39, 0.29) is 21.7 Å². The summed E-state index contributed by atoms with van der Waals surface area (Å²) >= 11 is 5.93. The summed E-state index contributed by atoms with van der Waals surface area (Å²) in [6.45, 7) is 1.47. The molecule has 0 bridgehead atoms. The van der Waals surface area contributed by atoms with Gasteiger partial charge in [0.1, 0.15) is 12.1 Å². The Morgan fingerprint density at radius 3 is 2.28 bits per heavy atom. The van der Waals surface area contributed by atoms with Gasteiger partial charge in [-0.05, 0) is 37.3 Å². The Morgan fingerprint density at radius 1 is 1.16 bits per heavy atom. The molecule has 0 saturated heterocycles. The van der Waals surface area contributed by atoms with Crippen LogP contribution in [0.4, 0.5) is 5.69 Å². The van der Waals surface area contributed by atoms with Crippen LogP contribution in [0.2, 0.25) is 5.02 Å². The third-order valence-electron chi connectivity index (χ3n) is 3.95. The molecule has 0 aliphatic carbocycles. The number of nitrogens with zero attached hydrogens (tertiary/aromatic N) is 2. The highest BCUT2D eigenvalue weighted by Crippen LogP contribution is 2.25. The van der Waals surface area contributed by atoms with Gasteiger partial charge < -0.3 is 5.32 Å². The SMILES string of the molecule is CC(C(=O)Nc1ccc(C#N)c(Cl)c1)N1C(=O)c2ccccc2C1=O. The minimum atomic E-state index is -0.998. The van der Waals surface area contributed by atoms with Crippen LogP contribution >= 0.6 is 11.6 Å². The Bertz CT molecular complexity index is 914. The molecule has 1 atom stereocenters. The molecule has 7 heteroatoms. The molecule has 1 aliphatic heterocycles. The lowest BCUT2D eigenvalue weighted by molar-refractivity contribution is -0.119. The van der Waals surface area contributed by atoms with Gasteiger partial charge in [-0.15, -0.1) is 0 Å². The van der Waals surface area contributed by atoms with Crippen molar-refractivity contribution >= 4 is 35.0 Å². The molecule has 0 aromatic heterocycles. The summed E-state index contributed by atoms with van der Waals surface area (Å²) in [4.78, 5) is 38.2. The Labute approximate surface area is 148 Å². The highest BCUT2D eigenvalue weighted by atomic mass is 35.5. The molecule has 3 amide bonds. The number of amides is 3. The van der Waals surface area contributed by atoms with Crippen molar-refractivity contribution in [3.8, 4) is 6.07 Å². The lowest BCUT2D eigenvalue weighted by atomic mass is 10.1. The van der Waals surface area contributed by atoms with Crippen LogP contribution in [0, 0.1) is 11.3 Å². The van der Waals surface area contributed by atoms with Gasteiger partial charge in [0.2, 0.25) is 5.91 Å². The number of hydrogen-bond acceptors (Lipinski definition) is 4. The van der Waals surface area contributed by atoms with Gasteiger partial charge >= 0.3 is 0 Å². The largest absolute Gasteiger partial charge is 0.324 e. The number of rotatable bonds is 3. The zero-order valence-corrected chi connectivity index (χ0v) is 13.9. The average Bonchev–Trinajstić information content (AvgIpc) is 2.86. The fraction of sp³-hybridized carbons (Fsp3) is 0.111. The van der Waals surface area contributed by atoms with E-state index in [4.69, 9.17) is 16.9 Å². The van der Waals surface area contributed by atoms with E-state index in [2.05, 4.69) is 5.32 Å². The van der Waals surface area contributed by atoms with Gasteiger partial charge in [0.05, 0.1) is 21.7 Å². The standard InChI is InChI=1S/C18H12ClN3O3/c1-10(16(23)21-12-7-6-11(9-20)15(19)8-12)22-17(24)13-4-2-3-5-14(13)18(22)25/h2-8,10H,1H3,(H,21,23). The number of halogens is 1. The van der Waals surface area contributed by atoms with E-state index < -0.39 is 23.8 Å². The average molecular weight is 354 g/mol. The van der Waals surface area contributed by atoms with Crippen LogP contribution in [0.5, 0.6) is 0 Å². The molecule has 0 saturated carbocycles. The first kappa shape index (κ1) is 16.7. The lowest BCUT2D eigenvalue weighted by Gasteiger charge is -2.21. The molecule has 0 fully saturated rings. The van der Waals surface area contributed by atoms with Crippen LogP contribution in [0.25, 0.3) is 0 Å². The molecule has 1 aliphatic rings. The number of benzene rings is 2. The molecule has 0 radical (unpaired) electrons. The summed E-state index contributed by atoms with van der Waals surface area (Å²) in [7, 11) is 0. The number of fused-ring (bicyclic) bond motifs is 1. The topological polar surface area (TPSA) is 90.3 Å². The van der Waals surface area contributed by atoms with Gasteiger partial charge in [-0.2, -0.15) is 5.26 Å². The van der Waals surface area contributed by atoms with Gasteiger partial charge in [0, 0.05) is 5.69 Å². The normalized spacial score (nSPS) is 14.0. The maximum absolute atomic E-state index is 12.4. The minimum Gasteiger partial charge on any atom is -0.324 e. The molecular weight excluding hydrogens is 342 g/mol. The number of anilines is 1. The van der Waals surface area contributed by atoms with E-state index in [1.165, 1.54) is 25.1 Å². The van der Waals surface area contributed by atoms with Gasteiger partial charge in [-0.25, -0.2) is 0 Å². The highest BCUT2D eigenvalue weighted by Gasteiger charge is 2.40. The quantitative estimate of drug-likeness (QED) is 0.859. The number of nitriles is 1. The molecule has 1 unspecified atom stereocenters. The van der Waals surface area contributed by atoms with Gasteiger partial charge in [0.25, 0.3) is 11.8 Å². The fourth-order valence-electron chi connectivity index (χ4n) is 2.61. The van der Waals surface area contributed by atoms with Crippen molar-refractivity contribution in [3.63, 3.8) is 0 Å². The van der Waals surface area contributed by atoms with Crippen LogP contribution < -0.4 is 5.32 Å². The predicted molar refractivity (Wildman–Crippen MR) is 91.2 cm³/mol. The lowest BCUT2D eigenvalue weighted by Crippen LogP contribution is -2.45. The second kappa shape index (κ2) is 6.38. The first-order chi connectivity index (χ1) is 11.9. The van der Waals surface area contributed by atoms with Crippen LogP contribution in [-0.2, 0) is 4.79 Å². The molecule has 25 heavy (non-hydrogen) atoms. The van der Waals surface area contributed by atoms with Crippen molar-refractivity contribution in [1.29, 1.82) is 5.26 Å². The Kier molecular flexibility index (Phi) is 4.26. The molecular formula is C18H12ClN3O3. The van der Waals surface area contributed by atoms with Crippen molar-refractivity contribution in [2.45, 2.75) is 13.0 Å². The number of carbonyl (C=O) groups excluding carboxylic acids is 3. The number of carbonyl (C=O) groups is 3. The Morgan fingerprint density at radius 2 is 1.76 bits per heavy atom. The third kappa shape index (κ3) is 2.86. The zero-order valence-electron chi connectivity index (χ0n) is 13.1. The van der Waals surface area contributed by atoms with Gasteiger partial charge in [-0.1, -0.05) is 23.7 Å². The number of imide groups is 1. The molecule has 2 aromatic rings. The van der Waals surface area contributed by atoms with E-state index in [1.54, 1.807) is 24.3 Å². The van der Waals surface area contributed by atoms with E-state index in [9.17, 15) is 14.4 Å². The molecule has 6 nitrogen and oxygen atoms in total. The minimum absolute atomic E-state index is 0.202. The molecule has 2 aromatic carbocycles. The van der Waals surface area contributed by atoms with Crippen molar-refractivity contribution in [1.82, 2.24) is 4.90 Å². The van der Waals surface area contributed by atoms with Crippen LogP contribution in [0.15, 0.2) is 42.5 Å². The maximum atomic E-state index is 12.4. The second-order valence-electron chi connectivity index (χ2n) is 5.50. The number of hydrogen-bond donors (Lipinski definition) is 1. The summed E-state index contributed by atoms with van der Waals surface area (Å²) < 4.78 is 0. The van der Waals surface area contributed by atoms with E-state index in [0.717, 1.165) is 4.90 Å². The van der Waals surface area contributed by atoms with Gasteiger partial charge in [-0.3, -0.25) is 19.3 Å². The molecule has 124 valence electrons. The Balaban J connectivity index is 1.80. The fourth-order valence-corrected chi connectivity index (χ4v) is 2.83. The van der Waals surface area contributed by atoms with Crippen LogP contribution in [0.1, 0.15) is 33.2 Å². The second-order valence-corrected chi connectivity index (χ2v) is 5.90. The smallest absolute Gasteiger partial charge is 0.262 e. The first-order valence-corrected chi connectivity index (χ1v) is 7.79. The molecule has 1 heterocycles. The first-order valence-electron chi connectivity index (χ1n) is 7.41. The summed E-state index contributed by atoms with van der Waals surface area (Å²) in [6, 6.07) is 11.8. The Hall–Kier alpha value is -3.17. The predicted octanol–water partition coefficient (Wildman–Crippen LogP) is 2.83. The summed E-state index contributed by atoms with van der Waals surface area (Å²) in [5.41, 5.74) is 1.23. The van der Waals surface area contributed by atoms with Crippen molar-refractivity contribution in [2.75, 3.05) is 5.32 Å². The maximum Gasteiger partial charge on any atom is 0.262 e. The van der Waals surface area contributed by atoms with Crippen molar-refractivity contribution < 1.29 is 14.4 Å². The molecule has 3 rings (SSSR count). The van der Waals surface area contributed by atoms with Crippen LogP contribution in [-0.4, -0.2) is 28.7 Å². The summed E-state index contributed by atoms with van der Waals surface area (Å²) in [5.74, 6) is -1.53. The van der Waals surface area contributed by atoms with E-state index in [1.807, 2.05) is 6.07 Å². The summed E-state index contributed by atoms with van der Waals surface area (Å²) in [5, 5.41) is 11.7. The molecule has 0 spiro atoms. The molecule has 1 N–H and O–H groups in total. The summed E-state index contributed by atoms with van der Waals surface area (Å²) in [6.07, 6.45) is 0. The van der Waals surface area contributed by atoms with Gasteiger partial charge in [0.15, 0.2) is 0 Å². The van der Waals surface area contributed by atoms with Crippen molar-refractivity contribution in [2.24, 2.45) is 0 Å². The highest BCUT2D eigenvalue weighted by molar-refractivity contribution is 6.32. The monoisotopic (exact) mass is 353 g/mol. The zero-order chi connectivity index (χ0) is 18.1.